The molecule has 0 saturated heterocycles. The molecule has 0 fully saturated rings. The Kier molecular flexibility index (Phi) is 3.95. The molecule has 0 aliphatic rings. The zero-order valence-corrected chi connectivity index (χ0v) is 6.39. The first kappa shape index (κ1) is 10.6. The Morgan fingerprint density at radius 2 is 1.92 bits per heavy atom. The van der Waals surface area contributed by atoms with Gasteiger partial charge >= 0.3 is 5.97 Å². The Morgan fingerprint density at radius 1 is 1.42 bits per heavy atom. The van der Waals surface area contributed by atoms with Crippen molar-refractivity contribution < 1.29 is 25.1 Å². The van der Waals surface area contributed by atoms with E-state index in [1.54, 1.807) is 0 Å². The Hall–Kier alpha value is -1.40. The van der Waals surface area contributed by atoms with Crippen molar-refractivity contribution in [1.29, 1.82) is 0 Å². The van der Waals surface area contributed by atoms with Gasteiger partial charge in [-0.25, -0.2) is 4.79 Å². The van der Waals surface area contributed by atoms with E-state index in [2.05, 4.69) is 0 Å². The molecule has 0 aromatic rings. The number of hydroxylamine groups is 2. The van der Waals surface area contributed by atoms with Gasteiger partial charge in [-0.15, -0.1) is 0 Å². The van der Waals surface area contributed by atoms with Gasteiger partial charge in [0.1, 0.15) is 0 Å². The van der Waals surface area contributed by atoms with Crippen LogP contribution in [0.25, 0.3) is 0 Å². The van der Waals surface area contributed by atoms with Crippen molar-refractivity contribution in [3.63, 3.8) is 0 Å². The molecule has 0 aliphatic carbocycles. The monoisotopic (exact) mass is 175 g/mol. The number of carboxylic acids is 1. The number of carbonyl (C=O) groups excluding carboxylic acids is 1. The molecule has 0 atom stereocenters. The van der Waals surface area contributed by atoms with Crippen LogP contribution in [-0.4, -0.2) is 32.6 Å². The summed E-state index contributed by atoms with van der Waals surface area (Å²) in [7, 11) is 0. The molecule has 6 nitrogen and oxygen atoms in total. The summed E-state index contributed by atoms with van der Waals surface area (Å²) in [6.45, 7) is 1.52. The van der Waals surface area contributed by atoms with E-state index in [0.717, 1.165) is 0 Å². The fraction of sp³-hybridized carbons (Fsp3) is 0.333. The maximum Gasteiger partial charge on any atom is 0.328 e. The standard InChI is InChI=1S/C6H9NO5/c1-2-4(3-5(8)9)6(10)7(11)12/h3,11-12H,2H2,1H3,(H,8,9). The Balaban J connectivity index is 4.56. The summed E-state index contributed by atoms with van der Waals surface area (Å²) in [4.78, 5) is 20.8. The minimum Gasteiger partial charge on any atom is -0.478 e. The maximum atomic E-state index is 10.7. The molecule has 0 bridgehead atoms. The second-order valence-electron chi connectivity index (χ2n) is 1.96. The molecule has 0 heterocycles. The van der Waals surface area contributed by atoms with Gasteiger partial charge in [-0.1, -0.05) is 12.2 Å². The Labute approximate surface area is 68.2 Å². The van der Waals surface area contributed by atoms with E-state index in [1.165, 1.54) is 6.92 Å². The molecule has 0 spiro atoms. The summed E-state index contributed by atoms with van der Waals surface area (Å²) in [5, 5.41) is 24.1. The molecule has 0 unspecified atom stereocenters. The van der Waals surface area contributed by atoms with Crippen LogP contribution < -0.4 is 0 Å². The number of aliphatic carboxylic acids is 1. The smallest absolute Gasteiger partial charge is 0.328 e. The predicted octanol–water partition coefficient (Wildman–Crippen LogP) is 0.0144. The van der Waals surface area contributed by atoms with Crippen molar-refractivity contribution in [3.05, 3.63) is 11.6 Å². The highest BCUT2D eigenvalue weighted by Gasteiger charge is 2.13. The molecule has 68 valence electrons. The van der Waals surface area contributed by atoms with E-state index in [9.17, 15) is 9.59 Å². The first-order chi connectivity index (χ1) is 5.49. The molecule has 1 amide bonds. The van der Waals surface area contributed by atoms with Crippen molar-refractivity contribution in [3.8, 4) is 0 Å². The molecule has 0 rings (SSSR count). The highest BCUT2D eigenvalue weighted by atomic mass is 16.8. The second kappa shape index (κ2) is 4.47. The Morgan fingerprint density at radius 3 is 2.17 bits per heavy atom. The third-order valence-corrected chi connectivity index (χ3v) is 1.13. The van der Waals surface area contributed by atoms with Gasteiger partial charge in [0.25, 0.3) is 5.91 Å². The fourth-order valence-corrected chi connectivity index (χ4v) is 0.593. The van der Waals surface area contributed by atoms with Gasteiger partial charge in [-0.05, 0) is 6.42 Å². The Bertz CT molecular complexity index is 220. The van der Waals surface area contributed by atoms with Crippen molar-refractivity contribution in [1.82, 2.24) is 5.23 Å². The van der Waals surface area contributed by atoms with Crippen LogP contribution in [0.1, 0.15) is 13.3 Å². The lowest BCUT2D eigenvalue weighted by molar-refractivity contribution is -0.281. The SMILES string of the molecule is CCC(=CC(=O)O)C(=O)N(O)O. The van der Waals surface area contributed by atoms with Gasteiger partial charge < -0.3 is 5.11 Å². The van der Waals surface area contributed by atoms with E-state index in [1.807, 2.05) is 0 Å². The topological polar surface area (TPSA) is 98.1 Å². The molecule has 0 aliphatic heterocycles. The van der Waals surface area contributed by atoms with E-state index >= 15 is 0 Å². The number of amides is 1. The third kappa shape index (κ3) is 3.13. The first-order valence-corrected chi connectivity index (χ1v) is 3.14. The molecule has 0 aromatic carbocycles. The second-order valence-corrected chi connectivity index (χ2v) is 1.96. The largest absolute Gasteiger partial charge is 0.478 e. The summed E-state index contributed by atoms with van der Waals surface area (Å²) < 4.78 is 0. The van der Waals surface area contributed by atoms with E-state index < -0.39 is 17.1 Å². The minimum absolute atomic E-state index is 0.114. The first-order valence-electron chi connectivity index (χ1n) is 3.14. The van der Waals surface area contributed by atoms with Crippen molar-refractivity contribution in [2.75, 3.05) is 0 Å². The molecule has 12 heavy (non-hydrogen) atoms. The molecular weight excluding hydrogens is 166 g/mol. The normalized spacial score (nSPS) is 11.1. The summed E-state index contributed by atoms with van der Waals surface area (Å²) in [6, 6.07) is 0. The lowest BCUT2D eigenvalue weighted by Crippen LogP contribution is -2.25. The number of hydrogen-bond donors (Lipinski definition) is 3. The van der Waals surface area contributed by atoms with Crippen molar-refractivity contribution in [2.24, 2.45) is 0 Å². The van der Waals surface area contributed by atoms with Crippen LogP contribution in [0.4, 0.5) is 0 Å². The van der Waals surface area contributed by atoms with Gasteiger partial charge in [0, 0.05) is 11.6 Å². The van der Waals surface area contributed by atoms with Crippen LogP contribution in [-0.2, 0) is 9.59 Å². The number of carbonyl (C=O) groups is 2. The van der Waals surface area contributed by atoms with Gasteiger partial charge in [-0.3, -0.25) is 15.2 Å². The fourth-order valence-electron chi connectivity index (χ4n) is 0.593. The average molecular weight is 175 g/mol. The highest BCUT2D eigenvalue weighted by Crippen LogP contribution is 2.03. The molecule has 0 saturated carbocycles. The lowest BCUT2D eigenvalue weighted by atomic mass is 10.2. The number of nitrogens with zero attached hydrogens (tertiary/aromatic N) is 1. The number of carboxylic acid groups (broad SMARTS) is 1. The van der Waals surface area contributed by atoms with Crippen molar-refractivity contribution >= 4 is 11.9 Å². The zero-order chi connectivity index (χ0) is 9.72. The van der Waals surface area contributed by atoms with Gasteiger partial charge in [-0.2, -0.15) is 0 Å². The zero-order valence-electron chi connectivity index (χ0n) is 6.39. The van der Waals surface area contributed by atoms with E-state index in [4.69, 9.17) is 15.5 Å². The van der Waals surface area contributed by atoms with E-state index in [-0.39, 0.29) is 12.0 Å². The molecule has 0 radical (unpaired) electrons. The van der Waals surface area contributed by atoms with Crippen LogP contribution in [0.5, 0.6) is 0 Å². The summed E-state index contributed by atoms with van der Waals surface area (Å²) in [5.74, 6) is -2.44. The average Bonchev–Trinajstić information content (AvgIpc) is 1.98. The number of rotatable bonds is 3. The van der Waals surface area contributed by atoms with Crippen LogP contribution >= 0.6 is 0 Å². The van der Waals surface area contributed by atoms with Gasteiger partial charge in [0.2, 0.25) is 0 Å². The molecule has 0 aromatic heterocycles. The summed E-state index contributed by atoms with van der Waals surface area (Å²) in [5.41, 5.74) is -0.187. The third-order valence-electron chi connectivity index (χ3n) is 1.13. The van der Waals surface area contributed by atoms with Gasteiger partial charge in [0.15, 0.2) is 0 Å². The maximum absolute atomic E-state index is 10.7. The molecule has 6 heteroatoms. The number of hydrogen-bond acceptors (Lipinski definition) is 4. The molecular formula is C6H9NO5. The van der Waals surface area contributed by atoms with Crippen LogP contribution in [0, 0.1) is 0 Å². The quantitative estimate of drug-likeness (QED) is 0.319. The molecule has 3 N–H and O–H groups in total. The lowest BCUT2D eigenvalue weighted by Gasteiger charge is -2.06. The van der Waals surface area contributed by atoms with Crippen LogP contribution in [0.2, 0.25) is 0 Å². The minimum atomic E-state index is -1.30. The predicted molar refractivity (Wildman–Crippen MR) is 36.4 cm³/mol. The van der Waals surface area contributed by atoms with Gasteiger partial charge in [0.05, 0.1) is 0 Å². The summed E-state index contributed by atoms with van der Waals surface area (Å²) in [6.07, 6.45) is 0.741. The van der Waals surface area contributed by atoms with Crippen LogP contribution in [0.15, 0.2) is 11.6 Å². The summed E-state index contributed by atoms with van der Waals surface area (Å²) >= 11 is 0. The van der Waals surface area contributed by atoms with E-state index in [0.29, 0.717) is 6.08 Å². The van der Waals surface area contributed by atoms with Crippen LogP contribution in [0.3, 0.4) is 0 Å². The highest BCUT2D eigenvalue weighted by molar-refractivity contribution is 5.97. The van der Waals surface area contributed by atoms with Crippen molar-refractivity contribution in [2.45, 2.75) is 13.3 Å².